The highest BCUT2D eigenvalue weighted by Gasteiger charge is 2.30. The number of carbonyl (C=O) groups is 4. The van der Waals surface area contributed by atoms with E-state index < -0.39 is 47.0 Å². The number of nitrogens with one attached hydrogen (secondary N) is 2. The van der Waals surface area contributed by atoms with Crippen LogP contribution in [-0.2, 0) is 44.6 Å². The third-order valence-corrected chi connectivity index (χ3v) is 7.03. The van der Waals surface area contributed by atoms with Gasteiger partial charge < -0.3 is 53.3 Å². The molecule has 0 radical (unpaired) electrons. The van der Waals surface area contributed by atoms with Crippen molar-refractivity contribution < 1.29 is 66.7 Å². The monoisotopic (exact) mass is 749 g/mol. The third-order valence-electron chi connectivity index (χ3n) is 7.03. The molecule has 1 aliphatic heterocycles. The summed E-state index contributed by atoms with van der Waals surface area (Å²) in [4.78, 5) is 59.5. The predicted molar refractivity (Wildman–Crippen MR) is 185 cm³/mol. The lowest BCUT2D eigenvalue weighted by Gasteiger charge is -2.29. The number of hydrogen-bond donors (Lipinski definition) is 2. The topological polar surface area (TPSA) is 219 Å². The fourth-order valence-electron chi connectivity index (χ4n) is 4.59. The Balaban J connectivity index is 1.44. The van der Waals surface area contributed by atoms with Crippen molar-refractivity contribution in [3.05, 3.63) is 63.7 Å². The van der Waals surface area contributed by atoms with Gasteiger partial charge in [-0.2, -0.15) is 0 Å². The first-order valence-corrected chi connectivity index (χ1v) is 16.9. The van der Waals surface area contributed by atoms with Crippen molar-refractivity contribution in [2.45, 2.75) is 64.6 Å². The molecule has 0 spiro atoms. The SMILES string of the molecule is COC(=O)[C@@H]1CCC[C@H](Oc2ccc(COC(=O)Oc3ccc([N+](=O)[O-])cc3)cc2C(=O)NCCOCCOCCOCCNC(=O)OC(C)(C)C)O1. The minimum atomic E-state index is -1.06. The number of amides is 2. The van der Waals surface area contributed by atoms with Gasteiger partial charge in [0, 0.05) is 31.6 Å². The Kier molecular flexibility index (Phi) is 17.7. The minimum absolute atomic E-state index is 0.0477. The highest BCUT2D eigenvalue weighted by molar-refractivity contribution is 5.97. The Labute approximate surface area is 306 Å². The van der Waals surface area contributed by atoms with Gasteiger partial charge >= 0.3 is 18.2 Å². The summed E-state index contributed by atoms with van der Waals surface area (Å²) in [5, 5.41) is 16.2. The number of benzene rings is 2. The molecule has 292 valence electrons. The molecule has 2 N–H and O–H groups in total. The van der Waals surface area contributed by atoms with E-state index in [1.165, 1.54) is 43.5 Å². The zero-order valence-corrected chi connectivity index (χ0v) is 30.3. The summed E-state index contributed by atoms with van der Waals surface area (Å²) < 4.78 is 48.4. The average Bonchev–Trinajstić information content (AvgIpc) is 3.12. The van der Waals surface area contributed by atoms with Crippen LogP contribution in [0.2, 0.25) is 0 Å². The molecule has 0 bridgehead atoms. The summed E-state index contributed by atoms with van der Waals surface area (Å²) in [6.45, 7) is 7.25. The maximum Gasteiger partial charge on any atom is 0.514 e. The first-order chi connectivity index (χ1) is 25.3. The molecule has 53 heavy (non-hydrogen) atoms. The maximum atomic E-state index is 13.3. The van der Waals surface area contributed by atoms with Crippen molar-refractivity contribution in [3.8, 4) is 11.5 Å². The first-order valence-electron chi connectivity index (χ1n) is 16.9. The summed E-state index contributed by atoms with van der Waals surface area (Å²) in [5.74, 6) is -0.805. The van der Waals surface area contributed by atoms with Crippen LogP contribution in [0.3, 0.4) is 0 Å². The van der Waals surface area contributed by atoms with Crippen molar-refractivity contribution in [2.75, 3.05) is 59.8 Å². The smallest absolute Gasteiger partial charge is 0.467 e. The molecule has 2 aromatic carbocycles. The Bertz CT molecular complexity index is 1500. The van der Waals surface area contributed by atoms with E-state index in [0.717, 1.165) is 0 Å². The number of methoxy groups -OCH3 is 1. The van der Waals surface area contributed by atoms with Crippen LogP contribution in [0.4, 0.5) is 15.3 Å². The number of alkyl carbamates (subject to hydrolysis) is 1. The highest BCUT2D eigenvalue weighted by atomic mass is 16.7. The number of esters is 1. The summed E-state index contributed by atoms with van der Waals surface area (Å²) in [6, 6.07) is 9.48. The standard InChI is InChI=1S/C35H47N3O15/c1-35(2,3)53-33(41)37-15-17-47-19-21-48-20-18-46-16-14-36-31(39)27-22-24(23-49-34(42)50-26-11-9-25(10-12-26)38(43)44)8-13-28(27)51-30-7-5-6-29(52-30)32(40)45-4/h8-13,22,29-30H,5-7,14-21,23H2,1-4H3,(H,36,39)(H,37,41)/t29-,30+/m0/s1. The number of carbonyl (C=O) groups excluding carboxylic acids is 4. The molecule has 2 aromatic rings. The minimum Gasteiger partial charge on any atom is -0.467 e. The quantitative estimate of drug-likeness (QED) is 0.0487. The van der Waals surface area contributed by atoms with Gasteiger partial charge in [0.15, 0.2) is 6.10 Å². The van der Waals surface area contributed by atoms with Gasteiger partial charge in [-0.3, -0.25) is 14.9 Å². The van der Waals surface area contributed by atoms with Crippen LogP contribution in [0.25, 0.3) is 0 Å². The second-order valence-corrected chi connectivity index (χ2v) is 12.4. The fourth-order valence-corrected chi connectivity index (χ4v) is 4.59. The number of hydrogen-bond acceptors (Lipinski definition) is 15. The van der Waals surface area contributed by atoms with Gasteiger partial charge in [0.2, 0.25) is 6.29 Å². The fraction of sp³-hybridized carbons (Fsp3) is 0.543. The summed E-state index contributed by atoms with van der Waals surface area (Å²) in [7, 11) is 1.27. The molecule has 18 heteroatoms. The normalized spacial score (nSPS) is 15.5. The molecule has 0 unspecified atom stereocenters. The van der Waals surface area contributed by atoms with Crippen LogP contribution in [0.5, 0.6) is 11.5 Å². The number of ether oxygens (including phenoxy) is 9. The molecule has 0 aromatic heterocycles. The Hall–Kier alpha value is -5.04. The van der Waals surface area contributed by atoms with E-state index in [-0.39, 0.29) is 49.1 Å². The van der Waals surface area contributed by atoms with Gasteiger partial charge in [0.05, 0.1) is 57.2 Å². The summed E-state index contributed by atoms with van der Waals surface area (Å²) >= 11 is 0. The summed E-state index contributed by atoms with van der Waals surface area (Å²) in [5.41, 5.74) is -0.194. The molecule has 0 aliphatic carbocycles. The average molecular weight is 750 g/mol. The van der Waals surface area contributed by atoms with Crippen LogP contribution in [0.15, 0.2) is 42.5 Å². The molecule has 1 heterocycles. The molecule has 2 atom stereocenters. The van der Waals surface area contributed by atoms with Crippen molar-refractivity contribution in [1.29, 1.82) is 0 Å². The molecule has 3 rings (SSSR count). The van der Waals surface area contributed by atoms with Crippen molar-refractivity contribution in [3.63, 3.8) is 0 Å². The van der Waals surface area contributed by atoms with Crippen molar-refractivity contribution >= 4 is 29.8 Å². The van der Waals surface area contributed by atoms with Gasteiger partial charge in [0.25, 0.3) is 11.6 Å². The molecule has 1 saturated heterocycles. The molecular weight excluding hydrogens is 702 g/mol. The molecule has 2 amide bonds. The molecular formula is C35H47N3O15. The van der Waals surface area contributed by atoms with Crippen LogP contribution in [-0.4, -0.2) is 107 Å². The molecule has 1 fully saturated rings. The van der Waals surface area contributed by atoms with Crippen LogP contribution in [0.1, 0.15) is 56.0 Å². The predicted octanol–water partition coefficient (Wildman–Crippen LogP) is 4.06. The lowest BCUT2D eigenvalue weighted by atomic mass is 10.1. The number of nitro benzene ring substituents is 1. The second kappa shape index (κ2) is 22.1. The molecule has 18 nitrogen and oxygen atoms in total. The lowest BCUT2D eigenvalue weighted by Crippen LogP contribution is -2.37. The Morgan fingerprint density at radius 2 is 1.53 bits per heavy atom. The van der Waals surface area contributed by atoms with Crippen molar-refractivity contribution in [1.82, 2.24) is 10.6 Å². The maximum absolute atomic E-state index is 13.3. The van der Waals surface area contributed by atoms with Gasteiger partial charge in [0.1, 0.15) is 23.7 Å². The molecule has 0 saturated carbocycles. The number of rotatable bonds is 20. The second-order valence-electron chi connectivity index (χ2n) is 12.4. The van der Waals surface area contributed by atoms with E-state index in [0.29, 0.717) is 57.8 Å². The summed E-state index contributed by atoms with van der Waals surface area (Å²) in [6.07, 6.45) is -1.60. The van der Waals surface area contributed by atoms with Gasteiger partial charge in [-0.05, 0) is 63.4 Å². The zero-order chi connectivity index (χ0) is 38.6. The lowest BCUT2D eigenvalue weighted by molar-refractivity contribution is -0.384. The van der Waals surface area contributed by atoms with Gasteiger partial charge in [-0.1, -0.05) is 6.07 Å². The number of nitro groups is 1. The van der Waals surface area contributed by atoms with E-state index in [9.17, 15) is 29.3 Å². The van der Waals surface area contributed by atoms with E-state index in [1.807, 2.05) is 0 Å². The zero-order valence-electron chi connectivity index (χ0n) is 30.3. The van der Waals surface area contributed by atoms with Gasteiger partial charge in [-0.15, -0.1) is 0 Å². The number of non-ortho nitro benzene ring substituents is 1. The third kappa shape index (κ3) is 16.5. The van der Waals surface area contributed by atoms with E-state index >= 15 is 0 Å². The molecule has 1 aliphatic rings. The van der Waals surface area contributed by atoms with Crippen LogP contribution in [0, 0.1) is 10.1 Å². The highest BCUT2D eigenvalue weighted by Crippen LogP contribution is 2.27. The Morgan fingerprint density at radius 1 is 0.887 bits per heavy atom. The van der Waals surface area contributed by atoms with Crippen LogP contribution >= 0.6 is 0 Å². The van der Waals surface area contributed by atoms with E-state index in [1.54, 1.807) is 26.8 Å². The van der Waals surface area contributed by atoms with Crippen LogP contribution < -0.4 is 20.1 Å². The van der Waals surface area contributed by atoms with E-state index in [2.05, 4.69) is 10.6 Å². The first kappa shape index (κ1) is 42.4. The number of nitrogens with zero attached hydrogens (tertiary/aromatic N) is 1. The Morgan fingerprint density at radius 3 is 2.15 bits per heavy atom. The van der Waals surface area contributed by atoms with E-state index in [4.69, 9.17) is 42.6 Å². The van der Waals surface area contributed by atoms with Gasteiger partial charge in [-0.25, -0.2) is 14.4 Å². The largest absolute Gasteiger partial charge is 0.514 e. The van der Waals surface area contributed by atoms with Crippen molar-refractivity contribution in [2.24, 2.45) is 0 Å².